The number of amides is 1. The molecule has 3 aromatic heterocycles. The lowest BCUT2D eigenvalue weighted by molar-refractivity contribution is 0.102. The van der Waals surface area contributed by atoms with Crippen molar-refractivity contribution >= 4 is 23.1 Å². The van der Waals surface area contributed by atoms with Gasteiger partial charge in [-0.05, 0) is 45.0 Å². The minimum Gasteiger partial charge on any atom is -0.361 e. The highest BCUT2D eigenvalue weighted by molar-refractivity contribution is 6.05. The summed E-state index contributed by atoms with van der Waals surface area (Å²) in [5, 5.41) is 9.91. The zero-order chi connectivity index (χ0) is 20.4. The summed E-state index contributed by atoms with van der Waals surface area (Å²) in [4.78, 5) is 25.3. The van der Waals surface area contributed by atoms with E-state index in [1.54, 1.807) is 26.4 Å². The average Bonchev–Trinajstić information content (AvgIpc) is 3.33. The predicted molar refractivity (Wildman–Crippen MR) is 108 cm³/mol. The van der Waals surface area contributed by atoms with Crippen LogP contribution in [-0.2, 0) is 0 Å². The molecule has 9 heteroatoms. The molecular formula is C20H19N7O2. The smallest absolute Gasteiger partial charge is 0.261 e. The van der Waals surface area contributed by atoms with Crippen molar-refractivity contribution in [2.45, 2.75) is 20.8 Å². The van der Waals surface area contributed by atoms with Gasteiger partial charge >= 0.3 is 0 Å². The Morgan fingerprint density at radius 2 is 1.83 bits per heavy atom. The maximum atomic E-state index is 12.4. The minimum atomic E-state index is -0.252. The van der Waals surface area contributed by atoms with E-state index in [-0.39, 0.29) is 5.91 Å². The largest absolute Gasteiger partial charge is 0.361 e. The number of carbonyl (C=O) groups excluding carboxylic acids is 1. The van der Waals surface area contributed by atoms with Gasteiger partial charge in [0.1, 0.15) is 35.1 Å². The van der Waals surface area contributed by atoms with Crippen LogP contribution in [0.25, 0.3) is 5.82 Å². The van der Waals surface area contributed by atoms with Crippen LogP contribution in [0.4, 0.5) is 17.2 Å². The lowest BCUT2D eigenvalue weighted by Gasteiger charge is -2.10. The molecule has 1 aromatic carbocycles. The van der Waals surface area contributed by atoms with Crippen LogP contribution in [0.15, 0.2) is 53.6 Å². The number of hydrogen-bond acceptors (Lipinski definition) is 7. The minimum absolute atomic E-state index is 0.252. The van der Waals surface area contributed by atoms with Crippen LogP contribution >= 0.6 is 0 Å². The zero-order valence-electron chi connectivity index (χ0n) is 16.2. The number of rotatable bonds is 5. The van der Waals surface area contributed by atoms with Gasteiger partial charge in [-0.15, -0.1) is 0 Å². The molecule has 4 aromatic rings. The molecule has 0 aliphatic heterocycles. The molecule has 1 amide bonds. The fourth-order valence-electron chi connectivity index (χ4n) is 2.93. The molecule has 0 radical (unpaired) electrons. The Kier molecular flexibility index (Phi) is 4.78. The molecule has 29 heavy (non-hydrogen) atoms. The molecule has 0 atom stereocenters. The van der Waals surface area contributed by atoms with Crippen molar-refractivity contribution < 1.29 is 9.32 Å². The molecule has 0 spiro atoms. The van der Waals surface area contributed by atoms with Gasteiger partial charge in [-0.1, -0.05) is 5.16 Å². The Morgan fingerprint density at radius 1 is 1.07 bits per heavy atom. The first-order valence-electron chi connectivity index (χ1n) is 8.95. The predicted octanol–water partition coefficient (Wildman–Crippen LogP) is 3.57. The second-order valence-electron chi connectivity index (χ2n) is 6.48. The number of aryl methyl sites for hydroxylation is 3. The van der Waals surface area contributed by atoms with Crippen molar-refractivity contribution in [3.8, 4) is 5.82 Å². The summed E-state index contributed by atoms with van der Waals surface area (Å²) in [6.45, 7) is 5.28. The van der Waals surface area contributed by atoms with Crippen molar-refractivity contribution in [1.82, 2.24) is 24.7 Å². The Labute approximate surface area is 166 Å². The van der Waals surface area contributed by atoms with Crippen molar-refractivity contribution in [3.63, 3.8) is 0 Å². The summed E-state index contributed by atoms with van der Waals surface area (Å²) >= 11 is 0. The van der Waals surface area contributed by atoms with Gasteiger partial charge in [0.15, 0.2) is 0 Å². The Bertz CT molecular complexity index is 1130. The van der Waals surface area contributed by atoms with Gasteiger partial charge < -0.3 is 15.2 Å². The van der Waals surface area contributed by atoms with E-state index in [1.807, 2.05) is 48.0 Å². The number of nitrogens with zero attached hydrogens (tertiary/aromatic N) is 5. The molecule has 146 valence electrons. The van der Waals surface area contributed by atoms with Gasteiger partial charge in [0, 0.05) is 29.8 Å². The van der Waals surface area contributed by atoms with Crippen LogP contribution < -0.4 is 10.6 Å². The highest BCUT2D eigenvalue weighted by Gasteiger charge is 2.17. The van der Waals surface area contributed by atoms with E-state index in [2.05, 4.69) is 30.7 Å². The highest BCUT2D eigenvalue weighted by atomic mass is 16.5. The second-order valence-corrected chi connectivity index (χ2v) is 6.48. The van der Waals surface area contributed by atoms with E-state index in [0.717, 1.165) is 11.5 Å². The molecule has 0 fully saturated rings. The number of anilines is 3. The van der Waals surface area contributed by atoms with E-state index < -0.39 is 0 Å². The van der Waals surface area contributed by atoms with E-state index in [1.165, 1.54) is 0 Å². The molecule has 2 N–H and O–H groups in total. The van der Waals surface area contributed by atoms with Crippen molar-refractivity contribution in [1.29, 1.82) is 0 Å². The number of benzene rings is 1. The number of hydrogen-bond donors (Lipinski definition) is 2. The van der Waals surface area contributed by atoms with Crippen molar-refractivity contribution in [2.75, 3.05) is 10.6 Å². The first-order valence-corrected chi connectivity index (χ1v) is 8.95. The SMILES string of the molecule is Cc1nc(Nc2ccc(NC(=O)c3c(C)noc3C)cc2)cc(-n2ccnc2)n1. The number of nitrogens with one attached hydrogen (secondary N) is 2. The van der Waals surface area contributed by atoms with Crippen molar-refractivity contribution in [2.24, 2.45) is 0 Å². The quantitative estimate of drug-likeness (QED) is 0.537. The summed E-state index contributed by atoms with van der Waals surface area (Å²) in [5.74, 6) is 2.26. The molecule has 3 heterocycles. The van der Waals surface area contributed by atoms with Crippen LogP contribution in [0, 0.1) is 20.8 Å². The molecule has 0 aliphatic carbocycles. The monoisotopic (exact) mass is 389 g/mol. The standard InChI is InChI=1S/C20H19N7O2/c1-12-19(13(2)29-26-12)20(28)25-16-6-4-15(5-7-16)24-17-10-18(23-14(3)22-17)27-9-8-21-11-27/h4-11H,1-3H3,(H,25,28)(H,22,23,24). The van der Waals surface area contributed by atoms with Gasteiger partial charge in [0.25, 0.3) is 5.91 Å². The van der Waals surface area contributed by atoms with E-state index in [0.29, 0.717) is 34.3 Å². The number of aromatic nitrogens is 5. The normalized spacial score (nSPS) is 10.7. The maximum absolute atomic E-state index is 12.4. The van der Waals surface area contributed by atoms with Crippen molar-refractivity contribution in [3.05, 3.63) is 71.9 Å². The molecule has 4 rings (SSSR count). The van der Waals surface area contributed by atoms with Crippen LogP contribution in [-0.4, -0.2) is 30.6 Å². The van der Waals surface area contributed by atoms with E-state index in [9.17, 15) is 4.79 Å². The topological polar surface area (TPSA) is 111 Å². The summed E-state index contributed by atoms with van der Waals surface area (Å²) in [6, 6.07) is 9.17. The lowest BCUT2D eigenvalue weighted by atomic mass is 10.2. The molecular weight excluding hydrogens is 370 g/mol. The lowest BCUT2D eigenvalue weighted by Crippen LogP contribution is -2.13. The molecule has 0 aliphatic rings. The van der Waals surface area contributed by atoms with Crippen LogP contribution in [0.5, 0.6) is 0 Å². The van der Waals surface area contributed by atoms with Gasteiger partial charge in [-0.25, -0.2) is 15.0 Å². The number of imidazole rings is 1. The van der Waals surface area contributed by atoms with E-state index >= 15 is 0 Å². The fourth-order valence-corrected chi connectivity index (χ4v) is 2.93. The third kappa shape index (κ3) is 3.98. The maximum Gasteiger partial charge on any atom is 0.261 e. The van der Waals surface area contributed by atoms with Crippen LogP contribution in [0.3, 0.4) is 0 Å². The van der Waals surface area contributed by atoms with Gasteiger partial charge in [-0.3, -0.25) is 9.36 Å². The fraction of sp³-hybridized carbons (Fsp3) is 0.150. The van der Waals surface area contributed by atoms with Crippen LogP contribution in [0.2, 0.25) is 0 Å². The average molecular weight is 389 g/mol. The third-order valence-electron chi connectivity index (χ3n) is 4.27. The number of carbonyl (C=O) groups is 1. The molecule has 0 saturated heterocycles. The Morgan fingerprint density at radius 3 is 2.48 bits per heavy atom. The summed E-state index contributed by atoms with van der Waals surface area (Å²) in [7, 11) is 0. The molecule has 9 nitrogen and oxygen atoms in total. The zero-order valence-corrected chi connectivity index (χ0v) is 16.2. The van der Waals surface area contributed by atoms with E-state index in [4.69, 9.17) is 4.52 Å². The summed E-state index contributed by atoms with van der Waals surface area (Å²) in [5.41, 5.74) is 2.51. The Hall–Kier alpha value is -4.01. The highest BCUT2D eigenvalue weighted by Crippen LogP contribution is 2.21. The summed E-state index contributed by atoms with van der Waals surface area (Å²) in [6.07, 6.45) is 5.20. The Balaban J connectivity index is 1.48. The molecule has 0 saturated carbocycles. The van der Waals surface area contributed by atoms with Gasteiger partial charge in [0.05, 0.1) is 5.69 Å². The first-order chi connectivity index (χ1) is 14.0. The molecule has 0 unspecified atom stereocenters. The second kappa shape index (κ2) is 7.55. The van der Waals surface area contributed by atoms with Gasteiger partial charge in [0.2, 0.25) is 0 Å². The van der Waals surface area contributed by atoms with Gasteiger partial charge in [-0.2, -0.15) is 0 Å². The third-order valence-corrected chi connectivity index (χ3v) is 4.27. The van der Waals surface area contributed by atoms with Crippen LogP contribution in [0.1, 0.15) is 27.6 Å². The summed E-state index contributed by atoms with van der Waals surface area (Å²) < 4.78 is 6.86. The molecule has 0 bridgehead atoms. The first kappa shape index (κ1) is 18.4.